The summed E-state index contributed by atoms with van der Waals surface area (Å²) in [6, 6.07) is 5.70. The fourth-order valence-electron chi connectivity index (χ4n) is 2.20. The molecule has 1 aromatic heterocycles. The summed E-state index contributed by atoms with van der Waals surface area (Å²) in [5.74, 6) is 0.811. The van der Waals surface area contributed by atoms with Crippen LogP contribution in [0.25, 0.3) is 11.0 Å². The van der Waals surface area contributed by atoms with E-state index >= 15 is 0 Å². The fraction of sp³-hybridized carbons (Fsp3) is 0.467. The first-order valence-electron chi connectivity index (χ1n) is 6.87. The SMILES string of the molecule is CC(C)OC(=O)CCCc1nc2cc(N)ccc2n1C. The number of imidazole rings is 1. The van der Waals surface area contributed by atoms with Crippen molar-refractivity contribution >= 4 is 22.7 Å². The van der Waals surface area contributed by atoms with Crippen molar-refractivity contribution in [2.45, 2.75) is 39.2 Å². The molecule has 0 amide bonds. The van der Waals surface area contributed by atoms with Crippen LogP contribution in [0.2, 0.25) is 0 Å². The topological polar surface area (TPSA) is 70.1 Å². The van der Waals surface area contributed by atoms with Gasteiger partial charge in [-0.2, -0.15) is 0 Å². The number of hydrogen-bond acceptors (Lipinski definition) is 4. The van der Waals surface area contributed by atoms with Crippen molar-refractivity contribution in [1.82, 2.24) is 9.55 Å². The van der Waals surface area contributed by atoms with Crippen LogP contribution in [0.5, 0.6) is 0 Å². The van der Waals surface area contributed by atoms with Crippen LogP contribution in [0.1, 0.15) is 32.5 Å². The molecule has 0 bridgehead atoms. The molecule has 1 aromatic carbocycles. The van der Waals surface area contributed by atoms with Crippen LogP contribution in [0.15, 0.2) is 18.2 Å². The van der Waals surface area contributed by atoms with Gasteiger partial charge in [-0.15, -0.1) is 0 Å². The first-order chi connectivity index (χ1) is 9.47. The third-order valence-electron chi connectivity index (χ3n) is 3.15. The average Bonchev–Trinajstić information content (AvgIpc) is 2.65. The number of benzene rings is 1. The summed E-state index contributed by atoms with van der Waals surface area (Å²) in [6.45, 7) is 3.71. The van der Waals surface area contributed by atoms with Gasteiger partial charge in [0.05, 0.1) is 17.1 Å². The Balaban J connectivity index is 2.00. The van der Waals surface area contributed by atoms with E-state index in [1.54, 1.807) is 0 Å². The third-order valence-corrected chi connectivity index (χ3v) is 3.15. The normalized spacial score (nSPS) is 11.2. The van der Waals surface area contributed by atoms with E-state index in [1.807, 2.05) is 43.7 Å². The highest BCUT2D eigenvalue weighted by Crippen LogP contribution is 2.19. The quantitative estimate of drug-likeness (QED) is 0.672. The van der Waals surface area contributed by atoms with Crippen LogP contribution in [-0.2, 0) is 23.0 Å². The highest BCUT2D eigenvalue weighted by Gasteiger charge is 2.10. The monoisotopic (exact) mass is 275 g/mol. The predicted molar refractivity (Wildman–Crippen MR) is 79.3 cm³/mol. The number of nitrogens with two attached hydrogens (primary N) is 1. The van der Waals surface area contributed by atoms with Gasteiger partial charge >= 0.3 is 5.97 Å². The molecule has 5 heteroatoms. The molecule has 2 rings (SSSR count). The van der Waals surface area contributed by atoms with Crippen molar-refractivity contribution < 1.29 is 9.53 Å². The van der Waals surface area contributed by atoms with Crippen molar-refractivity contribution in [2.75, 3.05) is 5.73 Å². The molecule has 20 heavy (non-hydrogen) atoms. The number of aryl methyl sites for hydroxylation is 2. The largest absolute Gasteiger partial charge is 0.463 e. The molecule has 0 saturated heterocycles. The van der Waals surface area contributed by atoms with E-state index in [0.717, 1.165) is 29.7 Å². The minimum absolute atomic E-state index is 0.0544. The van der Waals surface area contributed by atoms with Crippen LogP contribution in [-0.4, -0.2) is 21.6 Å². The third kappa shape index (κ3) is 3.29. The number of ether oxygens (including phenoxy) is 1. The lowest BCUT2D eigenvalue weighted by Gasteiger charge is -2.07. The molecule has 0 atom stereocenters. The number of anilines is 1. The molecule has 0 aliphatic carbocycles. The zero-order valence-corrected chi connectivity index (χ0v) is 12.2. The minimum Gasteiger partial charge on any atom is -0.463 e. The lowest BCUT2D eigenvalue weighted by atomic mass is 10.2. The standard InChI is InChI=1S/C15H21N3O2/c1-10(2)20-15(19)6-4-5-14-17-12-9-11(16)7-8-13(12)18(14)3/h7-10H,4-6,16H2,1-3H3. The van der Waals surface area contributed by atoms with E-state index in [2.05, 4.69) is 4.98 Å². The number of fused-ring (bicyclic) bond motifs is 1. The Hall–Kier alpha value is -2.04. The molecule has 0 aliphatic rings. The Bertz CT molecular complexity index is 617. The molecule has 0 unspecified atom stereocenters. The first-order valence-corrected chi connectivity index (χ1v) is 6.87. The molecule has 0 saturated carbocycles. The Morgan fingerprint density at radius 2 is 2.20 bits per heavy atom. The van der Waals surface area contributed by atoms with Gasteiger partial charge in [-0.1, -0.05) is 0 Å². The van der Waals surface area contributed by atoms with Crippen LogP contribution in [0.3, 0.4) is 0 Å². The van der Waals surface area contributed by atoms with E-state index in [9.17, 15) is 4.79 Å². The number of rotatable bonds is 5. The molecule has 2 N–H and O–H groups in total. The summed E-state index contributed by atoms with van der Waals surface area (Å²) in [4.78, 5) is 16.0. The number of esters is 1. The van der Waals surface area contributed by atoms with Gasteiger partial charge in [-0.05, 0) is 38.5 Å². The lowest BCUT2D eigenvalue weighted by molar-refractivity contribution is -0.147. The van der Waals surface area contributed by atoms with Gasteiger partial charge in [-0.3, -0.25) is 4.79 Å². The Morgan fingerprint density at radius 1 is 1.45 bits per heavy atom. The van der Waals surface area contributed by atoms with E-state index in [-0.39, 0.29) is 12.1 Å². The summed E-state index contributed by atoms with van der Waals surface area (Å²) in [6.07, 6.45) is 1.85. The minimum atomic E-state index is -0.150. The zero-order chi connectivity index (χ0) is 14.7. The van der Waals surface area contributed by atoms with Crippen molar-refractivity contribution in [1.29, 1.82) is 0 Å². The van der Waals surface area contributed by atoms with Crippen LogP contribution < -0.4 is 5.73 Å². The van der Waals surface area contributed by atoms with Crippen molar-refractivity contribution in [3.63, 3.8) is 0 Å². The van der Waals surface area contributed by atoms with Gasteiger partial charge in [0.25, 0.3) is 0 Å². The van der Waals surface area contributed by atoms with Gasteiger partial charge in [0, 0.05) is 25.6 Å². The summed E-state index contributed by atoms with van der Waals surface area (Å²) in [7, 11) is 1.98. The maximum absolute atomic E-state index is 11.5. The predicted octanol–water partition coefficient (Wildman–Crippen LogP) is 2.43. The average molecular weight is 275 g/mol. The van der Waals surface area contributed by atoms with E-state index in [1.165, 1.54) is 0 Å². The number of carbonyl (C=O) groups is 1. The van der Waals surface area contributed by atoms with Crippen LogP contribution in [0, 0.1) is 0 Å². The Morgan fingerprint density at radius 3 is 2.90 bits per heavy atom. The maximum atomic E-state index is 11.5. The van der Waals surface area contributed by atoms with Gasteiger partial charge in [0.2, 0.25) is 0 Å². The number of hydrogen-bond donors (Lipinski definition) is 1. The second-order valence-corrected chi connectivity index (χ2v) is 5.23. The summed E-state index contributed by atoms with van der Waals surface area (Å²) < 4.78 is 7.15. The Labute approximate surface area is 118 Å². The molecule has 0 fully saturated rings. The van der Waals surface area contributed by atoms with Gasteiger partial charge in [0.15, 0.2) is 0 Å². The first kappa shape index (κ1) is 14.4. The Kier molecular flexibility index (Phi) is 4.27. The molecule has 5 nitrogen and oxygen atoms in total. The highest BCUT2D eigenvalue weighted by molar-refractivity contribution is 5.79. The maximum Gasteiger partial charge on any atom is 0.306 e. The molecular weight excluding hydrogens is 254 g/mol. The lowest BCUT2D eigenvalue weighted by Crippen LogP contribution is -2.11. The zero-order valence-electron chi connectivity index (χ0n) is 12.2. The fourth-order valence-corrected chi connectivity index (χ4v) is 2.20. The molecule has 0 aliphatic heterocycles. The number of carbonyl (C=O) groups excluding carboxylic acids is 1. The molecule has 1 heterocycles. The van der Waals surface area contributed by atoms with E-state index in [0.29, 0.717) is 12.1 Å². The highest BCUT2D eigenvalue weighted by atomic mass is 16.5. The molecule has 0 radical (unpaired) electrons. The second-order valence-electron chi connectivity index (χ2n) is 5.23. The van der Waals surface area contributed by atoms with E-state index < -0.39 is 0 Å². The van der Waals surface area contributed by atoms with Crippen LogP contribution in [0.4, 0.5) is 5.69 Å². The smallest absolute Gasteiger partial charge is 0.306 e. The second kappa shape index (κ2) is 5.94. The van der Waals surface area contributed by atoms with Gasteiger partial charge in [-0.25, -0.2) is 4.98 Å². The summed E-state index contributed by atoms with van der Waals surface area (Å²) >= 11 is 0. The van der Waals surface area contributed by atoms with E-state index in [4.69, 9.17) is 10.5 Å². The van der Waals surface area contributed by atoms with Gasteiger partial charge < -0.3 is 15.0 Å². The van der Waals surface area contributed by atoms with Crippen molar-refractivity contribution in [3.05, 3.63) is 24.0 Å². The molecule has 108 valence electrons. The number of nitrogen functional groups attached to an aromatic ring is 1. The van der Waals surface area contributed by atoms with Crippen molar-refractivity contribution in [2.24, 2.45) is 7.05 Å². The number of nitrogens with zero attached hydrogens (tertiary/aromatic N) is 2. The summed E-state index contributed by atoms with van der Waals surface area (Å²) in [5, 5.41) is 0. The molecular formula is C15H21N3O2. The van der Waals surface area contributed by atoms with Gasteiger partial charge in [0.1, 0.15) is 5.82 Å². The molecule has 0 spiro atoms. The number of aromatic nitrogens is 2. The summed E-state index contributed by atoms with van der Waals surface area (Å²) in [5.41, 5.74) is 8.42. The molecule has 2 aromatic rings. The van der Waals surface area contributed by atoms with Crippen molar-refractivity contribution in [3.8, 4) is 0 Å². The van der Waals surface area contributed by atoms with Crippen LogP contribution >= 0.6 is 0 Å².